The summed E-state index contributed by atoms with van der Waals surface area (Å²) in [6.07, 6.45) is 0.690. The van der Waals surface area contributed by atoms with Gasteiger partial charge in [0.15, 0.2) is 0 Å². The molecule has 2 aromatic carbocycles. The number of aliphatic hydroxyl groups is 2. The Labute approximate surface area is 159 Å². The Hall–Kier alpha value is -1.59. The van der Waals surface area contributed by atoms with E-state index in [0.29, 0.717) is 30.9 Å². The molecule has 1 fully saturated rings. The van der Waals surface area contributed by atoms with Crippen LogP contribution >= 0.6 is 11.6 Å². The first kappa shape index (κ1) is 19.2. The van der Waals surface area contributed by atoms with Crippen LogP contribution in [0.4, 0.5) is 0 Å². The Balaban J connectivity index is 1.77. The number of benzene rings is 2. The van der Waals surface area contributed by atoms with Gasteiger partial charge in [0.05, 0.1) is 31.5 Å². The van der Waals surface area contributed by atoms with Gasteiger partial charge < -0.3 is 19.7 Å². The lowest BCUT2D eigenvalue weighted by atomic mass is 9.94. The van der Waals surface area contributed by atoms with Gasteiger partial charge in [-0.25, -0.2) is 0 Å². The van der Waals surface area contributed by atoms with Gasteiger partial charge in [-0.2, -0.15) is 0 Å². The van der Waals surface area contributed by atoms with Crippen molar-refractivity contribution in [2.24, 2.45) is 0 Å². The van der Waals surface area contributed by atoms with E-state index in [1.54, 1.807) is 0 Å². The molecule has 0 radical (unpaired) electrons. The van der Waals surface area contributed by atoms with Crippen molar-refractivity contribution in [1.29, 1.82) is 0 Å². The Morgan fingerprint density at radius 3 is 2.62 bits per heavy atom. The summed E-state index contributed by atoms with van der Waals surface area (Å²) in [5.41, 5.74) is 3.13. The monoisotopic (exact) mass is 376 g/mol. The molecular formula is C21H25ClO4. The molecule has 2 aromatic rings. The van der Waals surface area contributed by atoms with Crippen molar-refractivity contribution < 1.29 is 19.7 Å². The predicted molar refractivity (Wildman–Crippen MR) is 102 cm³/mol. The number of ether oxygens (including phenoxy) is 2. The topological polar surface area (TPSA) is 58.9 Å². The van der Waals surface area contributed by atoms with Crippen LogP contribution in [-0.4, -0.2) is 35.6 Å². The molecule has 1 aliphatic rings. The van der Waals surface area contributed by atoms with E-state index >= 15 is 0 Å². The summed E-state index contributed by atoms with van der Waals surface area (Å²) in [4.78, 5) is 0. The lowest BCUT2D eigenvalue weighted by Gasteiger charge is -2.32. The van der Waals surface area contributed by atoms with Crippen LogP contribution in [0.3, 0.4) is 0 Å². The molecule has 3 atom stereocenters. The van der Waals surface area contributed by atoms with Gasteiger partial charge in [0.1, 0.15) is 5.75 Å². The number of hydrogen-bond acceptors (Lipinski definition) is 4. The lowest BCUT2D eigenvalue weighted by Crippen LogP contribution is -2.33. The van der Waals surface area contributed by atoms with Crippen LogP contribution in [-0.2, 0) is 11.2 Å². The van der Waals surface area contributed by atoms with Crippen molar-refractivity contribution in [3.63, 3.8) is 0 Å². The standard InChI is InChI=1S/C21H25ClO4/c1-2-25-18-6-3-14(4-7-18)9-16-10-15(5-8-20(16)22)21-12-17(24)11-19(13-23)26-21/h3-8,10,17,19,21,23-24H,2,9,11-13H2,1H3/t17-,19?,21?/m0/s1. The molecule has 140 valence electrons. The minimum absolute atomic E-state index is 0.0831. The second kappa shape index (κ2) is 8.87. The van der Waals surface area contributed by atoms with Crippen molar-refractivity contribution in [2.75, 3.05) is 13.2 Å². The molecule has 2 unspecified atom stereocenters. The van der Waals surface area contributed by atoms with Gasteiger partial charge in [-0.15, -0.1) is 0 Å². The Bertz CT molecular complexity index is 716. The first-order valence-electron chi connectivity index (χ1n) is 9.03. The van der Waals surface area contributed by atoms with E-state index in [2.05, 4.69) is 0 Å². The largest absolute Gasteiger partial charge is 0.494 e. The Morgan fingerprint density at radius 2 is 1.92 bits per heavy atom. The molecule has 1 saturated heterocycles. The maximum Gasteiger partial charge on any atom is 0.119 e. The summed E-state index contributed by atoms with van der Waals surface area (Å²) in [7, 11) is 0. The molecule has 0 aromatic heterocycles. The summed E-state index contributed by atoms with van der Waals surface area (Å²) >= 11 is 6.40. The van der Waals surface area contributed by atoms with Gasteiger partial charge in [-0.1, -0.05) is 35.9 Å². The van der Waals surface area contributed by atoms with E-state index in [1.807, 2.05) is 49.4 Å². The molecular weight excluding hydrogens is 352 g/mol. The SMILES string of the molecule is CCOc1ccc(Cc2cc(C3C[C@@H](O)CC(CO)O3)ccc2Cl)cc1. The zero-order valence-corrected chi connectivity index (χ0v) is 15.7. The molecule has 1 heterocycles. The van der Waals surface area contributed by atoms with Crippen molar-refractivity contribution in [2.45, 2.75) is 44.5 Å². The highest BCUT2D eigenvalue weighted by molar-refractivity contribution is 6.31. The fourth-order valence-corrected chi connectivity index (χ4v) is 3.53. The summed E-state index contributed by atoms with van der Waals surface area (Å²) in [6, 6.07) is 13.8. The van der Waals surface area contributed by atoms with Gasteiger partial charge in [-0.05, 0) is 48.2 Å². The first-order chi connectivity index (χ1) is 12.6. The van der Waals surface area contributed by atoms with Crippen LogP contribution in [0.5, 0.6) is 5.75 Å². The lowest BCUT2D eigenvalue weighted by molar-refractivity contribution is -0.113. The normalized spacial score (nSPS) is 23.0. The highest BCUT2D eigenvalue weighted by atomic mass is 35.5. The highest BCUT2D eigenvalue weighted by Gasteiger charge is 2.29. The second-order valence-corrected chi connectivity index (χ2v) is 7.07. The molecule has 2 N–H and O–H groups in total. The van der Waals surface area contributed by atoms with Crippen LogP contribution in [0.25, 0.3) is 0 Å². The number of halogens is 1. The Morgan fingerprint density at radius 1 is 1.15 bits per heavy atom. The van der Waals surface area contributed by atoms with E-state index in [0.717, 1.165) is 22.4 Å². The van der Waals surface area contributed by atoms with E-state index in [9.17, 15) is 10.2 Å². The van der Waals surface area contributed by atoms with Crippen LogP contribution < -0.4 is 4.74 Å². The highest BCUT2D eigenvalue weighted by Crippen LogP contribution is 2.33. The number of hydrogen-bond donors (Lipinski definition) is 2. The summed E-state index contributed by atoms with van der Waals surface area (Å²) in [5, 5.41) is 20.1. The van der Waals surface area contributed by atoms with Gasteiger partial charge >= 0.3 is 0 Å². The molecule has 3 rings (SSSR count). The molecule has 0 saturated carbocycles. The zero-order chi connectivity index (χ0) is 18.5. The third-order valence-corrected chi connectivity index (χ3v) is 5.02. The number of aliphatic hydroxyl groups excluding tert-OH is 2. The van der Waals surface area contributed by atoms with Gasteiger partial charge in [-0.3, -0.25) is 0 Å². The van der Waals surface area contributed by atoms with Crippen molar-refractivity contribution in [1.82, 2.24) is 0 Å². The molecule has 26 heavy (non-hydrogen) atoms. The van der Waals surface area contributed by atoms with Gasteiger partial charge in [0.25, 0.3) is 0 Å². The summed E-state index contributed by atoms with van der Waals surface area (Å²) in [6.45, 7) is 2.53. The smallest absolute Gasteiger partial charge is 0.119 e. The molecule has 0 amide bonds. The maximum absolute atomic E-state index is 10.0. The average molecular weight is 377 g/mol. The van der Waals surface area contributed by atoms with Gasteiger partial charge in [0.2, 0.25) is 0 Å². The van der Waals surface area contributed by atoms with E-state index in [-0.39, 0.29) is 18.8 Å². The minimum atomic E-state index is -0.462. The third-order valence-electron chi connectivity index (χ3n) is 4.65. The Kier molecular flexibility index (Phi) is 6.54. The average Bonchev–Trinajstić information content (AvgIpc) is 2.64. The fraction of sp³-hybridized carbons (Fsp3) is 0.429. The first-order valence-corrected chi connectivity index (χ1v) is 9.41. The van der Waals surface area contributed by atoms with E-state index in [1.165, 1.54) is 0 Å². The number of rotatable bonds is 6. The van der Waals surface area contributed by atoms with Gasteiger partial charge in [0, 0.05) is 17.9 Å². The molecule has 0 spiro atoms. The van der Waals surface area contributed by atoms with Crippen molar-refractivity contribution in [3.05, 3.63) is 64.2 Å². The fourth-order valence-electron chi connectivity index (χ4n) is 3.34. The molecule has 1 aliphatic heterocycles. The molecule has 4 nitrogen and oxygen atoms in total. The van der Waals surface area contributed by atoms with E-state index in [4.69, 9.17) is 21.1 Å². The maximum atomic E-state index is 10.0. The third kappa shape index (κ3) is 4.77. The summed E-state index contributed by atoms with van der Waals surface area (Å²) in [5.74, 6) is 0.857. The zero-order valence-electron chi connectivity index (χ0n) is 14.9. The van der Waals surface area contributed by atoms with Crippen LogP contribution in [0.1, 0.15) is 42.6 Å². The molecule has 0 aliphatic carbocycles. The predicted octanol–water partition coefficient (Wildman–Crippen LogP) is 3.90. The second-order valence-electron chi connectivity index (χ2n) is 6.66. The van der Waals surface area contributed by atoms with E-state index < -0.39 is 6.10 Å². The summed E-state index contributed by atoms with van der Waals surface area (Å²) < 4.78 is 11.4. The molecule has 5 heteroatoms. The quantitative estimate of drug-likeness (QED) is 0.802. The van der Waals surface area contributed by atoms with Crippen LogP contribution in [0, 0.1) is 0 Å². The van der Waals surface area contributed by atoms with Crippen LogP contribution in [0.2, 0.25) is 5.02 Å². The molecule has 0 bridgehead atoms. The minimum Gasteiger partial charge on any atom is -0.494 e. The van der Waals surface area contributed by atoms with Crippen molar-refractivity contribution >= 4 is 11.6 Å². The van der Waals surface area contributed by atoms with Crippen molar-refractivity contribution in [3.8, 4) is 5.75 Å². The van der Waals surface area contributed by atoms with Crippen LogP contribution in [0.15, 0.2) is 42.5 Å².